The lowest BCUT2D eigenvalue weighted by atomic mass is 10.4. The minimum Gasteiger partial charge on any atom is -0.466 e. The Labute approximate surface area is 104 Å². The molecule has 0 aliphatic rings. The molecule has 1 rings (SSSR count). The van der Waals surface area contributed by atoms with Crippen LogP contribution in [0.5, 0.6) is 0 Å². The zero-order valence-corrected chi connectivity index (χ0v) is 10.6. The number of carbonyl (C=O) groups is 1. The van der Waals surface area contributed by atoms with Gasteiger partial charge >= 0.3 is 5.97 Å². The molecule has 0 spiro atoms. The van der Waals surface area contributed by atoms with Gasteiger partial charge in [0.1, 0.15) is 0 Å². The van der Waals surface area contributed by atoms with Crippen molar-refractivity contribution in [1.29, 1.82) is 0 Å². The third kappa shape index (κ3) is 16.6. The second-order valence-corrected chi connectivity index (χ2v) is 2.90. The monoisotopic (exact) mass is 232 g/mol. The van der Waals surface area contributed by atoms with Crippen molar-refractivity contribution in [3.05, 3.63) is 73.9 Å². The van der Waals surface area contributed by atoms with E-state index in [2.05, 4.69) is 24.5 Å². The van der Waals surface area contributed by atoms with Gasteiger partial charge in [0.15, 0.2) is 0 Å². The number of allylic oxidation sites excluding steroid dienone is 2. The summed E-state index contributed by atoms with van der Waals surface area (Å²) in [6.45, 7) is 11.7. The summed E-state index contributed by atoms with van der Waals surface area (Å²) in [5.41, 5.74) is 0.433. The van der Waals surface area contributed by atoms with Gasteiger partial charge in [0.05, 0.1) is 7.11 Å². The number of carbonyl (C=O) groups excluding carboxylic acids is 1. The maximum Gasteiger partial charge on any atom is 0.332 e. The van der Waals surface area contributed by atoms with E-state index in [1.165, 1.54) is 7.11 Å². The van der Waals surface area contributed by atoms with E-state index in [0.29, 0.717) is 5.57 Å². The van der Waals surface area contributed by atoms with Crippen molar-refractivity contribution in [2.45, 2.75) is 6.92 Å². The Bertz CT molecular complexity index is 293. The smallest absolute Gasteiger partial charge is 0.332 e. The fraction of sp³-hybridized carbons (Fsp3) is 0.133. The molecule has 0 atom stereocenters. The van der Waals surface area contributed by atoms with Crippen molar-refractivity contribution in [3.63, 3.8) is 0 Å². The minimum atomic E-state index is -0.347. The van der Waals surface area contributed by atoms with Crippen molar-refractivity contribution < 1.29 is 9.53 Å². The number of hydrogen-bond donors (Lipinski definition) is 0. The summed E-state index contributed by atoms with van der Waals surface area (Å²) >= 11 is 0. The van der Waals surface area contributed by atoms with Crippen LogP contribution in [0.3, 0.4) is 0 Å². The van der Waals surface area contributed by atoms with E-state index in [0.717, 1.165) is 0 Å². The van der Waals surface area contributed by atoms with Crippen molar-refractivity contribution >= 4 is 5.97 Å². The lowest BCUT2D eigenvalue weighted by Crippen LogP contribution is -1.98. The van der Waals surface area contributed by atoms with Crippen molar-refractivity contribution in [3.8, 4) is 0 Å². The summed E-state index contributed by atoms with van der Waals surface area (Å²) < 4.78 is 4.27. The fourth-order valence-electron chi connectivity index (χ4n) is 0.559. The lowest BCUT2D eigenvalue weighted by Gasteiger charge is -1.91. The summed E-state index contributed by atoms with van der Waals surface area (Å²) in [4.78, 5) is 10.2. The molecule has 2 nitrogen and oxygen atoms in total. The zero-order chi connectivity index (χ0) is 13.5. The van der Waals surface area contributed by atoms with E-state index in [9.17, 15) is 4.79 Å². The molecule has 0 aliphatic heterocycles. The molecule has 0 saturated carbocycles. The molecule has 0 fully saturated rings. The highest BCUT2D eigenvalue weighted by atomic mass is 16.5. The van der Waals surface area contributed by atoms with Gasteiger partial charge in [-0.3, -0.25) is 0 Å². The summed E-state index contributed by atoms with van der Waals surface area (Å²) in [7, 11) is 1.33. The van der Waals surface area contributed by atoms with E-state index >= 15 is 0 Å². The van der Waals surface area contributed by atoms with Gasteiger partial charge < -0.3 is 4.74 Å². The molecule has 1 aromatic carbocycles. The molecule has 0 N–H and O–H groups in total. The first-order valence-electron chi connectivity index (χ1n) is 5.07. The molecule has 0 aromatic heterocycles. The Kier molecular flexibility index (Phi) is 14.2. The fourth-order valence-corrected chi connectivity index (χ4v) is 0.559. The highest BCUT2D eigenvalue weighted by Gasteiger charge is 1.95. The molecule has 0 amide bonds. The Balaban J connectivity index is 0. The van der Waals surface area contributed by atoms with E-state index < -0.39 is 0 Å². The average molecular weight is 232 g/mol. The average Bonchev–Trinajstić information content (AvgIpc) is 2.40. The number of esters is 1. The number of hydrogen-bond acceptors (Lipinski definition) is 2. The standard InChI is InChI=1S/C6H6.C5H8O2.C4H6/c1-2-4-6-5-3-1;1-4(2)5(6)7-3;1-3-4-2/h1-6H;1H2,2-3H3;3-4H,1-2H2. The Morgan fingerprint density at radius 1 is 1.00 bits per heavy atom. The topological polar surface area (TPSA) is 26.3 Å². The van der Waals surface area contributed by atoms with Gasteiger partial charge in [-0.25, -0.2) is 4.79 Å². The summed E-state index contributed by atoms with van der Waals surface area (Å²) in [6, 6.07) is 12.0. The SMILES string of the molecule is C=C(C)C(=O)OC.C=CC=C.c1ccccc1. The maximum absolute atomic E-state index is 10.2. The minimum absolute atomic E-state index is 0.347. The molecule has 0 heterocycles. The summed E-state index contributed by atoms with van der Waals surface area (Å²) in [5, 5.41) is 0. The van der Waals surface area contributed by atoms with Gasteiger partial charge in [0.2, 0.25) is 0 Å². The molecule has 92 valence electrons. The number of rotatable bonds is 2. The molecule has 0 radical (unpaired) electrons. The largest absolute Gasteiger partial charge is 0.466 e. The first-order valence-corrected chi connectivity index (χ1v) is 5.07. The predicted molar refractivity (Wildman–Crippen MR) is 73.7 cm³/mol. The molecule has 0 aliphatic carbocycles. The van der Waals surface area contributed by atoms with Crippen LogP contribution in [0.4, 0.5) is 0 Å². The van der Waals surface area contributed by atoms with Gasteiger partial charge in [0, 0.05) is 5.57 Å². The van der Waals surface area contributed by atoms with Crippen LogP contribution >= 0.6 is 0 Å². The van der Waals surface area contributed by atoms with E-state index in [1.54, 1.807) is 19.1 Å². The Hall–Kier alpha value is -2.09. The predicted octanol–water partition coefficient (Wildman–Crippen LogP) is 3.78. The van der Waals surface area contributed by atoms with Crippen LogP contribution in [0.25, 0.3) is 0 Å². The van der Waals surface area contributed by atoms with E-state index in [4.69, 9.17) is 0 Å². The van der Waals surface area contributed by atoms with Crippen LogP contribution in [-0.4, -0.2) is 13.1 Å². The summed E-state index contributed by atoms with van der Waals surface area (Å²) in [5.74, 6) is -0.347. The Morgan fingerprint density at radius 3 is 1.35 bits per heavy atom. The van der Waals surface area contributed by atoms with Gasteiger partial charge in [0.25, 0.3) is 0 Å². The van der Waals surface area contributed by atoms with Crippen LogP contribution in [0.15, 0.2) is 73.9 Å². The third-order valence-electron chi connectivity index (χ3n) is 1.37. The zero-order valence-electron chi connectivity index (χ0n) is 10.6. The molecule has 0 bridgehead atoms. The van der Waals surface area contributed by atoms with Gasteiger partial charge in [-0.15, -0.1) is 0 Å². The normalized spacial score (nSPS) is 7.18. The van der Waals surface area contributed by atoms with Crippen molar-refractivity contribution in [1.82, 2.24) is 0 Å². The Morgan fingerprint density at radius 2 is 1.29 bits per heavy atom. The number of methoxy groups -OCH3 is 1. The molecule has 2 heteroatoms. The molecule has 17 heavy (non-hydrogen) atoms. The molecular formula is C15H20O2. The highest BCUT2D eigenvalue weighted by molar-refractivity contribution is 5.86. The van der Waals surface area contributed by atoms with Crippen LogP contribution in [-0.2, 0) is 9.53 Å². The molecule has 0 saturated heterocycles. The molecule has 0 unspecified atom stereocenters. The van der Waals surface area contributed by atoms with Gasteiger partial charge in [-0.1, -0.05) is 68.3 Å². The first kappa shape index (κ1) is 17.3. The number of benzene rings is 1. The quantitative estimate of drug-likeness (QED) is 0.440. The van der Waals surface area contributed by atoms with Crippen molar-refractivity contribution in [2.75, 3.05) is 7.11 Å². The molecule has 1 aromatic rings. The third-order valence-corrected chi connectivity index (χ3v) is 1.37. The highest BCUT2D eigenvalue weighted by Crippen LogP contribution is 1.87. The maximum atomic E-state index is 10.2. The van der Waals surface area contributed by atoms with Gasteiger partial charge in [-0.05, 0) is 6.92 Å². The van der Waals surface area contributed by atoms with Crippen LogP contribution in [0, 0.1) is 0 Å². The van der Waals surface area contributed by atoms with E-state index in [-0.39, 0.29) is 5.97 Å². The summed E-state index contributed by atoms with van der Waals surface area (Å²) in [6.07, 6.45) is 3.28. The van der Waals surface area contributed by atoms with Gasteiger partial charge in [-0.2, -0.15) is 0 Å². The first-order chi connectivity index (χ1) is 8.09. The lowest BCUT2D eigenvalue weighted by molar-refractivity contribution is -0.136. The number of ether oxygens (including phenoxy) is 1. The van der Waals surface area contributed by atoms with Crippen LogP contribution in [0.1, 0.15) is 6.92 Å². The molecular weight excluding hydrogens is 212 g/mol. The van der Waals surface area contributed by atoms with Crippen LogP contribution in [0.2, 0.25) is 0 Å². The van der Waals surface area contributed by atoms with Crippen molar-refractivity contribution in [2.24, 2.45) is 0 Å². The van der Waals surface area contributed by atoms with E-state index in [1.807, 2.05) is 36.4 Å². The van der Waals surface area contributed by atoms with Crippen LogP contribution < -0.4 is 0 Å². The second-order valence-electron chi connectivity index (χ2n) is 2.90. The second kappa shape index (κ2) is 13.9.